The van der Waals surface area contributed by atoms with Gasteiger partial charge in [0.15, 0.2) is 0 Å². The number of nitrogens with zero attached hydrogens (tertiary/aromatic N) is 1. The van der Waals surface area contributed by atoms with Crippen molar-refractivity contribution in [3.8, 4) is 11.3 Å². The quantitative estimate of drug-likeness (QED) is 0.901. The van der Waals surface area contributed by atoms with Crippen molar-refractivity contribution in [2.24, 2.45) is 0 Å². The van der Waals surface area contributed by atoms with Gasteiger partial charge in [-0.25, -0.2) is 0 Å². The fraction of sp³-hybridized carbons (Fsp3) is 0.389. The molecule has 0 aliphatic carbocycles. The number of rotatable bonds is 5. The third-order valence-corrected chi connectivity index (χ3v) is 3.81. The fourth-order valence-electron chi connectivity index (χ4n) is 2.42. The standard InChI is InChI=1S/C18H24N2O/c1-4-5-12-20-17(11-10-16(19)18(20)21)15-8-6-14(7-9-15)13(2)3/h6-11,13H,4-5,12,19H2,1-3H3. The van der Waals surface area contributed by atoms with E-state index in [1.54, 1.807) is 10.6 Å². The van der Waals surface area contributed by atoms with Gasteiger partial charge in [0.05, 0.1) is 11.4 Å². The molecule has 0 saturated carbocycles. The van der Waals surface area contributed by atoms with E-state index < -0.39 is 0 Å². The lowest BCUT2D eigenvalue weighted by molar-refractivity contribution is 0.620. The molecule has 0 radical (unpaired) electrons. The lowest BCUT2D eigenvalue weighted by Gasteiger charge is -2.14. The molecule has 0 saturated heterocycles. The number of nitrogen functional groups attached to an aromatic ring is 1. The van der Waals surface area contributed by atoms with Gasteiger partial charge in [-0.1, -0.05) is 51.5 Å². The Morgan fingerprint density at radius 3 is 2.33 bits per heavy atom. The zero-order valence-corrected chi connectivity index (χ0v) is 13.1. The molecule has 0 bridgehead atoms. The second kappa shape index (κ2) is 6.61. The van der Waals surface area contributed by atoms with Crippen molar-refractivity contribution in [3.05, 3.63) is 52.3 Å². The molecule has 0 unspecified atom stereocenters. The molecule has 1 aromatic heterocycles. The normalized spacial score (nSPS) is 11.0. The van der Waals surface area contributed by atoms with E-state index in [0.29, 0.717) is 18.2 Å². The molecule has 112 valence electrons. The number of benzene rings is 1. The summed E-state index contributed by atoms with van der Waals surface area (Å²) in [4.78, 5) is 12.3. The molecule has 0 aliphatic rings. The lowest BCUT2D eigenvalue weighted by Crippen LogP contribution is -2.24. The number of aromatic nitrogens is 1. The van der Waals surface area contributed by atoms with Gasteiger partial charge >= 0.3 is 0 Å². The van der Waals surface area contributed by atoms with Gasteiger partial charge < -0.3 is 10.3 Å². The van der Waals surface area contributed by atoms with Crippen LogP contribution in [0.4, 0.5) is 5.69 Å². The second-order valence-electron chi connectivity index (χ2n) is 5.76. The first-order valence-corrected chi connectivity index (χ1v) is 7.64. The van der Waals surface area contributed by atoms with Crippen molar-refractivity contribution < 1.29 is 0 Å². The molecule has 2 N–H and O–H groups in total. The van der Waals surface area contributed by atoms with Gasteiger partial charge in [0.25, 0.3) is 5.56 Å². The summed E-state index contributed by atoms with van der Waals surface area (Å²) in [5.41, 5.74) is 9.30. The molecule has 21 heavy (non-hydrogen) atoms. The average molecular weight is 284 g/mol. The van der Waals surface area contributed by atoms with E-state index in [1.165, 1.54) is 5.56 Å². The lowest BCUT2D eigenvalue weighted by atomic mass is 10.0. The third-order valence-electron chi connectivity index (χ3n) is 3.81. The molecule has 1 aromatic carbocycles. The van der Waals surface area contributed by atoms with Crippen LogP contribution in [0, 0.1) is 0 Å². The largest absolute Gasteiger partial charge is 0.394 e. The Morgan fingerprint density at radius 2 is 1.76 bits per heavy atom. The first-order valence-electron chi connectivity index (χ1n) is 7.64. The van der Waals surface area contributed by atoms with E-state index in [4.69, 9.17) is 5.73 Å². The van der Waals surface area contributed by atoms with Crippen LogP contribution < -0.4 is 11.3 Å². The first-order chi connectivity index (χ1) is 10.0. The Balaban J connectivity index is 2.47. The third kappa shape index (κ3) is 3.35. The minimum absolute atomic E-state index is 0.0890. The van der Waals surface area contributed by atoms with Crippen molar-refractivity contribution in [2.75, 3.05) is 5.73 Å². The number of unbranched alkanes of at least 4 members (excludes halogenated alkanes) is 1. The van der Waals surface area contributed by atoms with Crippen LogP contribution in [0.25, 0.3) is 11.3 Å². The van der Waals surface area contributed by atoms with Gasteiger partial charge in [-0.15, -0.1) is 0 Å². The predicted octanol–water partition coefficient (Wildman–Crippen LogP) is 4.02. The molecular weight excluding hydrogens is 260 g/mol. The topological polar surface area (TPSA) is 48.0 Å². The molecule has 0 fully saturated rings. The summed E-state index contributed by atoms with van der Waals surface area (Å²) in [5, 5.41) is 0. The van der Waals surface area contributed by atoms with E-state index in [1.807, 2.05) is 6.07 Å². The number of pyridine rings is 1. The van der Waals surface area contributed by atoms with E-state index >= 15 is 0 Å². The molecule has 0 atom stereocenters. The Hall–Kier alpha value is -2.03. The summed E-state index contributed by atoms with van der Waals surface area (Å²) in [6.45, 7) is 7.18. The molecule has 1 heterocycles. The molecule has 3 nitrogen and oxygen atoms in total. The molecular formula is C18H24N2O. The summed E-state index contributed by atoms with van der Waals surface area (Å²) in [6.07, 6.45) is 2.02. The van der Waals surface area contributed by atoms with Gasteiger partial charge in [0.1, 0.15) is 0 Å². The number of nitrogens with two attached hydrogens (primary N) is 1. The van der Waals surface area contributed by atoms with Crippen LogP contribution in [0.2, 0.25) is 0 Å². The number of anilines is 1. The second-order valence-corrected chi connectivity index (χ2v) is 5.76. The summed E-state index contributed by atoms with van der Waals surface area (Å²) < 4.78 is 1.79. The van der Waals surface area contributed by atoms with Crippen LogP contribution in [0.15, 0.2) is 41.2 Å². The smallest absolute Gasteiger partial charge is 0.274 e. The predicted molar refractivity (Wildman–Crippen MR) is 89.5 cm³/mol. The van der Waals surface area contributed by atoms with Crippen molar-refractivity contribution in [2.45, 2.75) is 46.1 Å². The molecule has 0 amide bonds. The van der Waals surface area contributed by atoms with Gasteiger partial charge in [-0.2, -0.15) is 0 Å². The van der Waals surface area contributed by atoms with Gasteiger partial charge in [0.2, 0.25) is 0 Å². The van der Waals surface area contributed by atoms with E-state index in [-0.39, 0.29) is 5.56 Å². The van der Waals surface area contributed by atoms with Crippen LogP contribution in [-0.4, -0.2) is 4.57 Å². The van der Waals surface area contributed by atoms with E-state index in [9.17, 15) is 4.79 Å². The van der Waals surface area contributed by atoms with Crippen LogP contribution >= 0.6 is 0 Å². The Morgan fingerprint density at radius 1 is 1.10 bits per heavy atom. The average Bonchev–Trinajstić information content (AvgIpc) is 2.49. The summed E-state index contributed by atoms with van der Waals surface area (Å²) in [5.74, 6) is 0.507. The fourth-order valence-corrected chi connectivity index (χ4v) is 2.42. The van der Waals surface area contributed by atoms with Crippen molar-refractivity contribution >= 4 is 5.69 Å². The van der Waals surface area contributed by atoms with Gasteiger partial charge in [0, 0.05) is 6.54 Å². The highest BCUT2D eigenvalue weighted by Crippen LogP contribution is 2.22. The Kier molecular flexibility index (Phi) is 4.84. The summed E-state index contributed by atoms with van der Waals surface area (Å²) in [6, 6.07) is 12.1. The monoisotopic (exact) mass is 284 g/mol. The minimum Gasteiger partial charge on any atom is -0.394 e. The van der Waals surface area contributed by atoms with Crippen molar-refractivity contribution in [3.63, 3.8) is 0 Å². The molecule has 0 spiro atoms. The van der Waals surface area contributed by atoms with Crippen LogP contribution in [0.5, 0.6) is 0 Å². The highest BCUT2D eigenvalue weighted by atomic mass is 16.1. The van der Waals surface area contributed by atoms with E-state index in [2.05, 4.69) is 45.0 Å². The SMILES string of the molecule is CCCCn1c(-c2ccc(C(C)C)cc2)ccc(N)c1=O. The molecule has 3 heteroatoms. The van der Waals surface area contributed by atoms with Crippen LogP contribution in [0.1, 0.15) is 45.1 Å². The maximum atomic E-state index is 12.3. The highest BCUT2D eigenvalue weighted by molar-refractivity contribution is 5.62. The Bertz CT molecular complexity index is 654. The number of hydrogen-bond acceptors (Lipinski definition) is 2. The summed E-state index contributed by atoms with van der Waals surface area (Å²) >= 11 is 0. The first kappa shape index (κ1) is 15.4. The zero-order chi connectivity index (χ0) is 15.4. The van der Waals surface area contributed by atoms with Crippen LogP contribution in [-0.2, 0) is 6.54 Å². The van der Waals surface area contributed by atoms with E-state index in [0.717, 1.165) is 24.1 Å². The Labute approximate surface area is 126 Å². The van der Waals surface area contributed by atoms with Crippen molar-refractivity contribution in [1.82, 2.24) is 4.57 Å². The zero-order valence-electron chi connectivity index (χ0n) is 13.1. The van der Waals surface area contributed by atoms with Crippen molar-refractivity contribution in [1.29, 1.82) is 0 Å². The maximum absolute atomic E-state index is 12.3. The van der Waals surface area contributed by atoms with Gasteiger partial charge in [-0.05, 0) is 35.6 Å². The molecule has 2 rings (SSSR count). The minimum atomic E-state index is -0.0890. The van der Waals surface area contributed by atoms with Gasteiger partial charge in [-0.3, -0.25) is 4.79 Å². The number of hydrogen-bond donors (Lipinski definition) is 1. The molecule has 0 aliphatic heterocycles. The molecule has 2 aromatic rings. The highest BCUT2D eigenvalue weighted by Gasteiger charge is 2.09. The van der Waals surface area contributed by atoms with Crippen LogP contribution in [0.3, 0.4) is 0 Å². The maximum Gasteiger partial charge on any atom is 0.274 e. The summed E-state index contributed by atoms with van der Waals surface area (Å²) in [7, 11) is 0.